The van der Waals surface area contributed by atoms with Gasteiger partial charge in [-0.05, 0) is 59.1 Å². The van der Waals surface area contributed by atoms with E-state index in [1.807, 2.05) is 70.1 Å². The molecule has 4 rings (SSSR count). The zero-order valence-electron chi connectivity index (χ0n) is 22.6. The van der Waals surface area contributed by atoms with E-state index in [2.05, 4.69) is 20.4 Å². The Morgan fingerprint density at radius 2 is 2.00 bits per heavy atom. The summed E-state index contributed by atoms with van der Waals surface area (Å²) in [5.74, 6) is 2.95. The Labute approximate surface area is 222 Å². The van der Waals surface area contributed by atoms with Crippen LogP contribution in [0.1, 0.15) is 23.6 Å². The van der Waals surface area contributed by atoms with Crippen molar-refractivity contribution in [2.45, 2.75) is 32.8 Å². The van der Waals surface area contributed by atoms with Gasteiger partial charge in [-0.25, -0.2) is 19.4 Å². The van der Waals surface area contributed by atoms with Crippen molar-refractivity contribution in [2.75, 3.05) is 46.3 Å². The number of rotatable bonds is 10. The second kappa shape index (κ2) is 11.6. The third kappa shape index (κ3) is 6.29. The number of nitrogens with one attached hydrogen (secondary N) is 1. The van der Waals surface area contributed by atoms with Gasteiger partial charge < -0.3 is 23.5 Å². The molecule has 0 aliphatic heterocycles. The molecule has 0 aromatic carbocycles. The van der Waals surface area contributed by atoms with Crippen molar-refractivity contribution < 1.29 is 23.4 Å². The first-order valence-electron chi connectivity index (χ1n) is 12.3. The first kappa shape index (κ1) is 27.1. The molecule has 1 aliphatic rings. The number of amides is 1. The SMILES string of the molecule is COC1(CN(C)C)CC=CC=C1OCCOC(=O)Nc1cc(-n2nc(C)cc2C)nc(-c2ccc(C)o2)n1. The van der Waals surface area contributed by atoms with E-state index in [1.54, 1.807) is 23.9 Å². The van der Waals surface area contributed by atoms with Gasteiger partial charge in [0.05, 0.1) is 5.69 Å². The lowest BCUT2D eigenvalue weighted by atomic mass is 9.92. The van der Waals surface area contributed by atoms with Gasteiger partial charge in [-0.15, -0.1) is 0 Å². The number of aryl methyl sites for hydroxylation is 3. The molecule has 1 amide bonds. The molecular formula is C27H34N6O5. The average molecular weight is 523 g/mol. The fraction of sp³-hybridized carbons (Fsp3) is 0.407. The molecular weight excluding hydrogens is 488 g/mol. The van der Waals surface area contributed by atoms with E-state index in [-0.39, 0.29) is 19.0 Å². The van der Waals surface area contributed by atoms with Gasteiger partial charge in [0.1, 0.15) is 36.2 Å². The summed E-state index contributed by atoms with van der Waals surface area (Å²) < 4.78 is 24.6. The maximum Gasteiger partial charge on any atom is 0.412 e. The third-order valence-electron chi connectivity index (χ3n) is 5.95. The summed E-state index contributed by atoms with van der Waals surface area (Å²) >= 11 is 0. The zero-order chi connectivity index (χ0) is 27.3. The molecule has 11 heteroatoms. The van der Waals surface area contributed by atoms with Gasteiger partial charge in [0.25, 0.3) is 0 Å². The predicted octanol–water partition coefficient (Wildman–Crippen LogP) is 4.20. The zero-order valence-corrected chi connectivity index (χ0v) is 22.6. The van der Waals surface area contributed by atoms with Crippen LogP contribution in [0.2, 0.25) is 0 Å². The summed E-state index contributed by atoms with van der Waals surface area (Å²) in [5.41, 5.74) is 1.15. The number of hydrogen-bond acceptors (Lipinski definition) is 9. The Bertz CT molecular complexity index is 1340. The van der Waals surface area contributed by atoms with E-state index in [0.717, 1.165) is 17.1 Å². The normalized spacial score (nSPS) is 17.0. The summed E-state index contributed by atoms with van der Waals surface area (Å²) in [4.78, 5) is 23.7. The van der Waals surface area contributed by atoms with Crippen LogP contribution in [0, 0.1) is 20.8 Å². The van der Waals surface area contributed by atoms with E-state index >= 15 is 0 Å². The minimum atomic E-state index is -0.669. The largest absolute Gasteiger partial charge is 0.491 e. The van der Waals surface area contributed by atoms with Gasteiger partial charge in [-0.2, -0.15) is 5.10 Å². The molecule has 0 saturated carbocycles. The molecule has 11 nitrogen and oxygen atoms in total. The molecule has 0 bridgehead atoms. The van der Waals surface area contributed by atoms with Crippen LogP contribution in [-0.4, -0.2) is 77.3 Å². The number of hydrogen-bond donors (Lipinski definition) is 1. The van der Waals surface area contributed by atoms with Gasteiger partial charge in [0, 0.05) is 31.8 Å². The van der Waals surface area contributed by atoms with E-state index in [1.165, 1.54) is 0 Å². The predicted molar refractivity (Wildman–Crippen MR) is 142 cm³/mol. The highest BCUT2D eigenvalue weighted by Crippen LogP contribution is 2.30. The Balaban J connectivity index is 1.42. The van der Waals surface area contributed by atoms with Crippen LogP contribution in [0.5, 0.6) is 0 Å². The fourth-order valence-electron chi connectivity index (χ4n) is 4.31. The minimum Gasteiger partial charge on any atom is -0.491 e. The number of aromatic nitrogens is 4. The lowest BCUT2D eigenvalue weighted by Gasteiger charge is -2.37. The summed E-state index contributed by atoms with van der Waals surface area (Å²) in [7, 11) is 5.64. The number of furan rings is 1. The van der Waals surface area contributed by atoms with Crippen LogP contribution in [0.4, 0.5) is 10.6 Å². The van der Waals surface area contributed by atoms with E-state index in [4.69, 9.17) is 18.6 Å². The molecule has 3 heterocycles. The van der Waals surface area contributed by atoms with Crippen LogP contribution in [-0.2, 0) is 14.2 Å². The maximum absolute atomic E-state index is 12.6. The second-order valence-electron chi connectivity index (χ2n) is 9.39. The molecule has 1 atom stereocenters. The molecule has 0 radical (unpaired) electrons. The van der Waals surface area contributed by atoms with Crippen molar-refractivity contribution in [3.63, 3.8) is 0 Å². The van der Waals surface area contributed by atoms with Crippen molar-refractivity contribution in [2.24, 2.45) is 0 Å². The Hall–Kier alpha value is -3.96. The van der Waals surface area contributed by atoms with Crippen molar-refractivity contribution in [1.82, 2.24) is 24.6 Å². The van der Waals surface area contributed by atoms with Gasteiger partial charge in [-0.3, -0.25) is 5.32 Å². The first-order valence-corrected chi connectivity index (χ1v) is 12.3. The van der Waals surface area contributed by atoms with Gasteiger partial charge in [0.2, 0.25) is 0 Å². The summed E-state index contributed by atoms with van der Waals surface area (Å²) in [6.07, 6.45) is 5.89. The quantitative estimate of drug-likeness (QED) is 0.391. The third-order valence-corrected chi connectivity index (χ3v) is 5.95. The van der Waals surface area contributed by atoms with Crippen molar-refractivity contribution >= 4 is 11.9 Å². The Kier molecular flexibility index (Phi) is 8.28. The van der Waals surface area contributed by atoms with E-state index in [9.17, 15) is 4.79 Å². The topological polar surface area (TPSA) is 117 Å². The van der Waals surface area contributed by atoms with E-state index < -0.39 is 11.7 Å². The molecule has 202 valence electrons. The Morgan fingerprint density at radius 3 is 2.66 bits per heavy atom. The number of nitrogens with zero attached hydrogens (tertiary/aromatic N) is 5. The number of ether oxygens (including phenoxy) is 3. The summed E-state index contributed by atoms with van der Waals surface area (Å²) in [5, 5.41) is 7.17. The molecule has 3 aromatic rings. The summed E-state index contributed by atoms with van der Waals surface area (Å²) in [6.45, 7) is 6.52. The Morgan fingerprint density at radius 1 is 1.18 bits per heavy atom. The van der Waals surface area contributed by atoms with Crippen LogP contribution < -0.4 is 5.32 Å². The molecule has 38 heavy (non-hydrogen) atoms. The number of carbonyl (C=O) groups is 1. The van der Waals surface area contributed by atoms with Crippen molar-refractivity contribution in [1.29, 1.82) is 0 Å². The number of anilines is 1. The van der Waals surface area contributed by atoms with Crippen molar-refractivity contribution in [3.8, 4) is 17.4 Å². The van der Waals surface area contributed by atoms with Gasteiger partial charge >= 0.3 is 6.09 Å². The van der Waals surface area contributed by atoms with E-state index in [0.29, 0.717) is 36.1 Å². The highest BCUT2D eigenvalue weighted by Gasteiger charge is 2.37. The van der Waals surface area contributed by atoms with Crippen LogP contribution in [0.25, 0.3) is 17.4 Å². The first-order chi connectivity index (χ1) is 18.2. The van der Waals surface area contributed by atoms with Crippen LogP contribution in [0.3, 0.4) is 0 Å². The molecule has 3 aromatic heterocycles. The average Bonchev–Trinajstić information content (AvgIpc) is 3.46. The highest BCUT2D eigenvalue weighted by molar-refractivity contribution is 5.83. The molecule has 1 aliphatic carbocycles. The van der Waals surface area contributed by atoms with Crippen molar-refractivity contribution in [3.05, 3.63) is 65.4 Å². The summed E-state index contributed by atoms with van der Waals surface area (Å²) in [6, 6.07) is 7.17. The fourth-order valence-corrected chi connectivity index (χ4v) is 4.31. The van der Waals surface area contributed by atoms with Crippen LogP contribution in [0.15, 0.2) is 52.7 Å². The minimum absolute atomic E-state index is 0.0360. The molecule has 0 fully saturated rings. The molecule has 0 saturated heterocycles. The monoisotopic (exact) mass is 522 g/mol. The number of likely N-dealkylation sites (N-methyl/N-ethyl adjacent to an activating group) is 1. The molecule has 0 spiro atoms. The second-order valence-corrected chi connectivity index (χ2v) is 9.39. The molecule has 1 N–H and O–H groups in total. The standard InChI is InChI=1S/C27H34N6O5/c1-18-15-19(2)33(31-18)24-16-23(28-25(30-24)21-11-10-20(3)38-21)29-26(34)37-14-13-36-22-9-7-8-12-27(22,35-6)17-32(4)5/h7-11,15-16H,12-14,17H2,1-6H3,(H,28,29,30,34). The smallest absolute Gasteiger partial charge is 0.412 e. The lowest BCUT2D eigenvalue weighted by molar-refractivity contribution is -0.0449. The number of carbonyl (C=O) groups excluding carboxylic acids is 1. The number of methoxy groups -OCH3 is 1. The lowest BCUT2D eigenvalue weighted by Crippen LogP contribution is -2.45. The van der Waals surface area contributed by atoms with Crippen LogP contribution >= 0.6 is 0 Å². The maximum atomic E-state index is 12.6. The molecule has 1 unspecified atom stereocenters. The van der Waals surface area contributed by atoms with Gasteiger partial charge in [0.15, 0.2) is 17.4 Å². The highest BCUT2D eigenvalue weighted by atomic mass is 16.6. The van der Waals surface area contributed by atoms with Gasteiger partial charge in [-0.1, -0.05) is 12.2 Å². The number of allylic oxidation sites excluding steroid dienone is 2.